The molecule has 0 aliphatic heterocycles. The number of rotatable bonds is 6. The second kappa shape index (κ2) is 6.33. The maximum atomic E-state index is 11.0. The normalized spacial score (nSPS) is 10.7. The molecule has 0 amide bonds. The van der Waals surface area contributed by atoms with Crippen LogP contribution in [0.4, 0.5) is 5.69 Å². The Balaban J connectivity index is 2.20. The van der Waals surface area contributed by atoms with Crippen LogP contribution in [0.3, 0.4) is 0 Å². The van der Waals surface area contributed by atoms with Crippen LogP contribution in [-0.4, -0.2) is 21.2 Å². The predicted molar refractivity (Wildman–Crippen MR) is 70.6 cm³/mol. The van der Waals surface area contributed by atoms with Crippen LogP contribution in [0.5, 0.6) is 5.75 Å². The summed E-state index contributed by atoms with van der Waals surface area (Å²) in [6.45, 7) is 0.00511. The number of nitro benzene ring substituents is 1. The fourth-order valence-electron chi connectivity index (χ4n) is 1.54. The highest BCUT2D eigenvalue weighted by molar-refractivity contribution is 5.85. The summed E-state index contributed by atoms with van der Waals surface area (Å²) in [6.07, 6.45) is 3.59. The Kier molecular flexibility index (Phi) is 4.30. The molecule has 1 heterocycles. The number of nitrogens with zero attached hydrogens (tertiary/aromatic N) is 2. The van der Waals surface area contributed by atoms with Crippen molar-refractivity contribution in [2.75, 3.05) is 0 Å². The summed E-state index contributed by atoms with van der Waals surface area (Å²) in [4.78, 5) is 20.8. The molecule has 8 heteroatoms. The van der Waals surface area contributed by atoms with Crippen molar-refractivity contribution < 1.29 is 24.1 Å². The molecule has 0 fully saturated rings. The summed E-state index contributed by atoms with van der Waals surface area (Å²) in [5.41, 5.74) is 0.123. The zero-order valence-corrected chi connectivity index (χ0v) is 10.6. The largest absolute Gasteiger partial charge is 0.479 e. The molecule has 0 unspecified atom stereocenters. The number of carbonyl (C=O) groups is 1. The molecule has 108 valence electrons. The minimum atomic E-state index is -1.14. The van der Waals surface area contributed by atoms with Crippen LogP contribution in [0.25, 0.3) is 6.08 Å². The lowest BCUT2D eigenvalue weighted by Crippen LogP contribution is -1.98. The van der Waals surface area contributed by atoms with Crippen molar-refractivity contribution in [2.24, 2.45) is 0 Å². The van der Waals surface area contributed by atoms with Crippen molar-refractivity contribution in [1.82, 2.24) is 5.16 Å². The molecular weight excluding hydrogens is 280 g/mol. The molecule has 0 aliphatic carbocycles. The second-order valence-electron chi connectivity index (χ2n) is 3.92. The van der Waals surface area contributed by atoms with E-state index in [0.29, 0.717) is 11.3 Å². The molecule has 0 spiro atoms. The third kappa shape index (κ3) is 3.90. The topological polar surface area (TPSA) is 116 Å². The first-order valence-corrected chi connectivity index (χ1v) is 5.78. The Morgan fingerprint density at radius 2 is 2.29 bits per heavy atom. The molecule has 0 saturated heterocycles. The van der Waals surface area contributed by atoms with Crippen molar-refractivity contribution in [3.05, 3.63) is 58.0 Å². The number of carboxylic acids is 1. The summed E-state index contributed by atoms with van der Waals surface area (Å²) in [5, 5.41) is 23.1. The summed E-state index contributed by atoms with van der Waals surface area (Å²) >= 11 is 0. The average Bonchev–Trinajstić information content (AvgIpc) is 2.96. The van der Waals surface area contributed by atoms with E-state index in [0.717, 1.165) is 6.08 Å². The molecule has 0 aliphatic rings. The van der Waals surface area contributed by atoms with Gasteiger partial charge in [0.25, 0.3) is 0 Å². The number of carboxylic acid groups (broad SMARTS) is 1. The molecule has 0 radical (unpaired) electrons. The van der Waals surface area contributed by atoms with Crippen LogP contribution >= 0.6 is 0 Å². The van der Waals surface area contributed by atoms with E-state index in [1.54, 1.807) is 6.07 Å². The maximum absolute atomic E-state index is 11.0. The summed E-state index contributed by atoms with van der Waals surface area (Å²) in [5.74, 6) is -0.647. The van der Waals surface area contributed by atoms with Gasteiger partial charge in [0.05, 0.1) is 11.1 Å². The van der Waals surface area contributed by atoms with Gasteiger partial charge in [0, 0.05) is 18.2 Å². The fraction of sp³-hybridized carbons (Fsp3) is 0.0769. The lowest BCUT2D eigenvalue weighted by molar-refractivity contribution is -0.386. The van der Waals surface area contributed by atoms with Gasteiger partial charge in [-0.25, -0.2) is 4.79 Å². The van der Waals surface area contributed by atoms with E-state index in [1.165, 1.54) is 30.5 Å². The predicted octanol–water partition coefficient (Wildman–Crippen LogP) is 2.26. The Morgan fingerprint density at radius 3 is 2.90 bits per heavy atom. The number of nitro groups is 1. The number of aliphatic carboxylic acids is 1. The Hall–Kier alpha value is -3.16. The second-order valence-corrected chi connectivity index (χ2v) is 3.92. The van der Waals surface area contributed by atoms with E-state index >= 15 is 0 Å². The van der Waals surface area contributed by atoms with E-state index in [1.807, 2.05) is 0 Å². The molecule has 0 atom stereocenters. The molecule has 2 aromatic rings. The van der Waals surface area contributed by atoms with Gasteiger partial charge in [-0.15, -0.1) is 0 Å². The number of benzene rings is 1. The van der Waals surface area contributed by atoms with Crippen molar-refractivity contribution >= 4 is 17.7 Å². The first kappa shape index (κ1) is 14.3. The highest BCUT2D eigenvalue weighted by Gasteiger charge is 2.16. The van der Waals surface area contributed by atoms with E-state index in [-0.39, 0.29) is 18.0 Å². The van der Waals surface area contributed by atoms with E-state index in [4.69, 9.17) is 14.4 Å². The Labute approximate surface area is 118 Å². The summed E-state index contributed by atoms with van der Waals surface area (Å²) in [7, 11) is 0. The fourth-order valence-corrected chi connectivity index (χ4v) is 1.54. The van der Waals surface area contributed by atoms with Gasteiger partial charge < -0.3 is 14.4 Å². The van der Waals surface area contributed by atoms with Gasteiger partial charge in [-0.1, -0.05) is 11.2 Å². The van der Waals surface area contributed by atoms with Crippen LogP contribution < -0.4 is 4.74 Å². The van der Waals surface area contributed by atoms with Crippen molar-refractivity contribution in [3.63, 3.8) is 0 Å². The molecule has 1 aromatic carbocycles. The van der Waals surface area contributed by atoms with E-state index in [2.05, 4.69) is 5.16 Å². The van der Waals surface area contributed by atoms with E-state index < -0.39 is 10.9 Å². The van der Waals surface area contributed by atoms with Crippen LogP contribution in [0, 0.1) is 10.1 Å². The minimum Gasteiger partial charge on any atom is -0.479 e. The Bertz CT molecular complexity index is 678. The highest BCUT2D eigenvalue weighted by atomic mass is 16.6. The molecule has 0 saturated carbocycles. The monoisotopic (exact) mass is 290 g/mol. The number of ether oxygens (including phenoxy) is 1. The van der Waals surface area contributed by atoms with Crippen molar-refractivity contribution in [1.29, 1.82) is 0 Å². The van der Waals surface area contributed by atoms with Gasteiger partial charge in [-0.2, -0.15) is 0 Å². The van der Waals surface area contributed by atoms with Gasteiger partial charge in [-0.3, -0.25) is 10.1 Å². The van der Waals surface area contributed by atoms with Crippen LogP contribution in [0.1, 0.15) is 11.3 Å². The van der Waals surface area contributed by atoms with Gasteiger partial charge in [0.1, 0.15) is 6.61 Å². The summed E-state index contributed by atoms with van der Waals surface area (Å²) in [6, 6.07) is 5.73. The van der Waals surface area contributed by atoms with Crippen LogP contribution in [-0.2, 0) is 11.4 Å². The smallest absolute Gasteiger partial charge is 0.328 e. The first-order chi connectivity index (χ1) is 10.1. The average molecular weight is 290 g/mol. The molecular formula is C13H10N2O6. The quantitative estimate of drug-likeness (QED) is 0.492. The lowest BCUT2D eigenvalue weighted by Gasteiger charge is -2.05. The standard InChI is InChI=1S/C13H10N2O6/c16-13(17)4-2-9-1-3-12(11(7-9)15(18)19)20-8-10-5-6-14-21-10/h1-7H,8H2,(H,16,17)/b4-2+. The number of aromatic nitrogens is 1. The lowest BCUT2D eigenvalue weighted by atomic mass is 10.1. The third-order valence-corrected chi connectivity index (χ3v) is 2.46. The SMILES string of the molecule is O=C(O)/C=C/c1ccc(OCc2ccno2)c([N+](=O)[O-])c1. The molecule has 2 rings (SSSR count). The number of hydrogen-bond donors (Lipinski definition) is 1. The van der Waals surface area contributed by atoms with Gasteiger partial charge in [0.15, 0.2) is 11.5 Å². The number of hydrogen-bond acceptors (Lipinski definition) is 6. The zero-order chi connectivity index (χ0) is 15.2. The van der Waals surface area contributed by atoms with E-state index in [9.17, 15) is 14.9 Å². The van der Waals surface area contributed by atoms with Gasteiger partial charge in [-0.05, 0) is 17.7 Å². The van der Waals surface area contributed by atoms with Crippen molar-refractivity contribution in [3.8, 4) is 5.75 Å². The van der Waals surface area contributed by atoms with Crippen LogP contribution in [0.2, 0.25) is 0 Å². The molecule has 0 bridgehead atoms. The zero-order valence-electron chi connectivity index (χ0n) is 10.6. The molecule has 21 heavy (non-hydrogen) atoms. The van der Waals surface area contributed by atoms with Gasteiger partial charge >= 0.3 is 11.7 Å². The Morgan fingerprint density at radius 1 is 1.48 bits per heavy atom. The van der Waals surface area contributed by atoms with Crippen molar-refractivity contribution in [2.45, 2.75) is 6.61 Å². The molecule has 8 nitrogen and oxygen atoms in total. The molecule has 1 N–H and O–H groups in total. The van der Waals surface area contributed by atoms with Gasteiger partial charge in [0.2, 0.25) is 0 Å². The third-order valence-electron chi connectivity index (χ3n) is 2.46. The highest BCUT2D eigenvalue weighted by Crippen LogP contribution is 2.29. The van der Waals surface area contributed by atoms with Crippen LogP contribution in [0.15, 0.2) is 41.1 Å². The summed E-state index contributed by atoms with van der Waals surface area (Å²) < 4.78 is 10.1. The molecule has 1 aromatic heterocycles. The minimum absolute atomic E-state index is 0.00511. The first-order valence-electron chi connectivity index (χ1n) is 5.78. The maximum Gasteiger partial charge on any atom is 0.328 e.